The topological polar surface area (TPSA) is 36.8 Å². The van der Waals surface area contributed by atoms with Crippen molar-refractivity contribution in [1.82, 2.24) is 5.43 Å². The third-order valence-electron chi connectivity index (χ3n) is 3.13. The van der Waals surface area contributed by atoms with Crippen molar-refractivity contribution < 1.29 is 8.78 Å². The molecular formula is C16H13F2N3S. The highest BCUT2D eigenvalue weighted by molar-refractivity contribution is 8.14. The van der Waals surface area contributed by atoms with Crippen LogP contribution in [0.25, 0.3) is 0 Å². The SMILES string of the molecule is Fc1ccc(CN=C2NN=C(c3ccc(F)cc3)CS2)cc1. The molecule has 0 bridgehead atoms. The van der Waals surface area contributed by atoms with Gasteiger partial charge in [-0.25, -0.2) is 8.78 Å². The molecule has 112 valence electrons. The van der Waals surface area contributed by atoms with Gasteiger partial charge in [-0.15, -0.1) is 0 Å². The standard InChI is InChI=1S/C16H13F2N3S/c17-13-5-1-11(2-6-13)9-19-16-21-20-15(10-22-16)12-3-7-14(18)8-4-12/h1-8H,9-10H2,(H,19,21). The van der Waals surface area contributed by atoms with E-state index in [1.165, 1.54) is 36.0 Å². The van der Waals surface area contributed by atoms with E-state index in [1.54, 1.807) is 24.3 Å². The fourth-order valence-corrected chi connectivity index (χ4v) is 2.71. The number of hydrogen-bond acceptors (Lipinski definition) is 3. The van der Waals surface area contributed by atoms with Gasteiger partial charge in [-0.2, -0.15) is 5.10 Å². The summed E-state index contributed by atoms with van der Waals surface area (Å²) >= 11 is 1.53. The molecule has 1 aliphatic rings. The first-order valence-electron chi connectivity index (χ1n) is 6.71. The number of halogens is 2. The Morgan fingerprint density at radius 1 is 1.00 bits per heavy atom. The first kappa shape index (κ1) is 14.7. The molecule has 1 heterocycles. The minimum absolute atomic E-state index is 0.255. The summed E-state index contributed by atoms with van der Waals surface area (Å²) in [6.07, 6.45) is 0. The number of hydrogen-bond donors (Lipinski definition) is 1. The van der Waals surface area contributed by atoms with E-state index in [0.717, 1.165) is 22.0 Å². The monoisotopic (exact) mass is 317 g/mol. The molecule has 0 aromatic heterocycles. The molecule has 2 aromatic rings. The van der Waals surface area contributed by atoms with E-state index in [-0.39, 0.29) is 11.6 Å². The van der Waals surface area contributed by atoms with Crippen molar-refractivity contribution in [2.75, 3.05) is 5.75 Å². The zero-order valence-electron chi connectivity index (χ0n) is 11.6. The molecule has 0 amide bonds. The summed E-state index contributed by atoms with van der Waals surface area (Å²) in [7, 11) is 0. The van der Waals surface area contributed by atoms with Crippen molar-refractivity contribution in [3.05, 3.63) is 71.3 Å². The molecule has 0 aliphatic carbocycles. The van der Waals surface area contributed by atoms with E-state index in [0.29, 0.717) is 12.3 Å². The van der Waals surface area contributed by atoms with Crippen LogP contribution in [0.5, 0.6) is 0 Å². The molecule has 0 saturated heterocycles. The van der Waals surface area contributed by atoms with E-state index in [2.05, 4.69) is 15.5 Å². The van der Waals surface area contributed by atoms with Crippen molar-refractivity contribution in [3.63, 3.8) is 0 Å². The minimum Gasteiger partial charge on any atom is -0.256 e. The van der Waals surface area contributed by atoms with Crippen molar-refractivity contribution in [3.8, 4) is 0 Å². The number of benzene rings is 2. The molecule has 0 fully saturated rings. The average molecular weight is 317 g/mol. The van der Waals surface area contributed by atoms with E-state index in [4.69, 9.17) is 0 Å². The fourth-order valence-electron chi connectivity index (χ4n) is 1.94. The Balaban J connectivity index is 1.63. The van der Waals surface area contributed by atoms with Gasteiger partial charge < -0.3 is 0 Å². The Kier molecular flexibility index (Phi) is 4.48. The maximum atomic E-state index is 12.9. The average Bonchev–Trinajstić information content (AvgIpc) is 2.56. The Morgan fingerprint density at radius 3 is 2.23 bits per heavy atom. The van der Waals surface area contributed by atoms with Crippen LogP contribution in [0.2, 0.25) is 0 Å². The highest BCUT2D eigenvalue weighted by atomic mass is 32.2. The highest BCUT2D eigenvalue weighted by Gasteiger charge is 2.12. The van der Waals surface area contributed by atoms with Crippen molar-refractivity contribution in [2.24, 2.45) is 10.1 Å². The molecular weight excluding hydrogens is 304 g/mol. The highest BCUT2D eigenvalue weighted by Crippen LogP contribution is 2.15. The van der Waals surface area contributed by atoms with Crippen LogP contribution in [-0.4, -0.2) is 16.6 Å². The van der Waals surface area contributed by atoms with Crippen molar-refractivity contribution in [2.45, 2.75) is 6.54 Å². The lowest BCUT2D eigenvalue weighted by Gasteiger charge is -2.14. The Bertz CT molecular complexity index is 709. The van der Waals surface area contributed by atoms with Crippen LogP contribution in [-0.2, 0) is 6.54 Å². The summed E-state index contributed by atoms with van der Waals surface area (Å²) < 4.78 is 25.7. The summed E-state index contributed by atoms with van der Waals surface area (Å²) in [5.74, 6) is 0.151. The molecule has 0 saturated carbocycles. The first-order valence-corrected chi connectivity index (χ1v) is 7.69. The van der Waals surface area contributed by atoms with Crippen molar-refractivity contribution >= 4 is 22.6 Å². The predicted molar refractivity (Wildman–Crippen MR) is 86.1 cm³/mol. The number of nitrogens with one attached hydrogen (secondary N) is 1. The van der Waals surface area contributed by atoms with Crippen LogP contribution >= 0.6 is 11.8 Å². The molecule has 1 aliphatic heterocycles. The Labute approximate surface area is 131 Å². The number of hydrazone groups is 1. The lowest BCUT2D eigenvalue weighted by Crippen LogP contribution is -2.25. The van der Waals surface area contributed by atoms with Gasteiger partial charge in [-0.05, 0) is 35.4 Å². The number of rotatable bonds is 3. The van der Waals surface area contributed by atoms with Gasteiger partial charge >= 0.3 is 0 Å². The fraction of sp³-hybridized carbons (Fsp3) is 0.125. The maximum absolute atomic E-state index is 12.9. The molecule has 6 heteroatoms. The van der Waals surface area contributed by atoms with Crippen molar-refractivity contribution in [1.29, 1.82) is 0 Å². The van der Waals surface area contributed by atoms with Gasteiger partial charge in [0.15, 0.2) is 5.17 Å². The molecule has 0 spiro atoms. The van der Waals surface area contributed by atoms with E-state index in [1.807, 2.05) is 0 Å². The molecule has 1 N–H and O–H groups in total. The van der Waals surface area contributed by atoms with Crippen LogP contribution in [0.4, 0.5) is 8.78 Å². The molecule has 0 radical (unpaired) electrons. The Hall–Kier alpha value is -2.21. The molecule has 0 atom stereocenters. The number of amidine groups is 1. The quantitative estimate of drug-likeness (QED) is 0.940. The van der Waals surface area contributed by atoms with Crippen LogP contribution in [0.3, 0.4) is 0 Å². The van der Waals surface area contributed by atoms with Crippen LogP contribution in [0.15, 0.2) is 58.6 Å². The minimum atomic E-state index is -0.262. The summed E-state index contributed by atoms with van der Waals surface area (Å²) in [5, 5.41) is 4.99. The summed E-state index contributed by atoms with van der Waals surface area (Å²) in [5.41, 5.74) is 5.57. The molecule has 0 unspecified atom stereocenters. The van der Waals surface area contributed by atoms with Crippen LogP contribution < -0.4 is 5.43 Å². The van der Waals surface area contributed by atoms with Gasteiger partial charge in [0.1, 0.15) is 11.6 Å². The summed E-state index contributed by atoms with van der Waals surface area (Å²) in [6.45, 7) is 0.469. The molecule has 22 heavy (non-hydrogen) atoms. The van der Waals surface area contributed by atoms with Gasteiger partial charge in [0.2, 0.25) is 0 Å². The third-order valence-corrected chi connectivity index (χ3v) is 4.04. The predicted octanol–water partition coefficient (Wildman–Crippen LogP) is 3.56. The van der Waals surface area contributed by atoms with E-state index < -0.39 is 0 Å². The lowest BCUT2D eigenvalue weighted by molar-refractivity contribution is 0.627. The second-order valence-electron chi connectivity index (χ2n) is 4.71. The third kappa shape index (κ3) is 3.71. The number of thioether (sulfide) groups is 1. The zero-order chi connectivity index (χ0) is 15.4. The van der Waals surface area contributed by atoms with Gasteiger partial charge in [0.25, 0.3) is 0 Å². The van der Waals surface area contributed by atoms with Crippen LogP contribution in [0.1, 0.15) is 11.1 Å². The van der Waals surface area contributed by atoms with E-state index >= 15 is 0 Å². The van der Waals surface area contributed by atoms with Gasteiger partial charge in [-0.3, -0.25) is 10.4 Å². The zero-order valence-corrected chi connectivity index (χ0v) is 12.4. The van der Waals surface area contributed by atoms with Gasteiger partial charge in [0, 0.05) is 5.75 Å². The normalized spacial score (nSPS) is 16.3. The first-order chi connectivity index (χ1) is 10.7. The van der Waals surface area contributed by atoms with Crippen LogP contribution in [0, 0.1) is 11.6 Å². The number of nitrogens with zero attached hydrogens (tertiary/aromatic N) is 2. The second kappa shape index (κ2) is 6.70. The second-order valence-corrected chi connectivity index (χ2v) is 5.68. The van der Waals surface area contributed by atoms with Gasteiger partial charge in [0.05, 0.1) is 12.3 Å². The number of aliphatic imine (C=N–C) groups is 1. The van der Waals surface area contributed by atoms with Gasteiger partial charge in [-0.1, -0.05) is 36.0 Å². The van der Waals surface area contributed by atoms with E-state index in [9.17, 15) is 8.78 Å². The largest absolute Gasteiger partial charge is 0.256 e. The Morgan fingerprint density at radius 2 is 1.64 bits per heavy atom. The summed E-state index contributed by atoms with van der Waals surface area (Å²) in [6, 6.07) is 12.5. The molecule has 2 aromatic carbocycles. The lowest BCUT2D eigenvalue weighted by atomic mass is 10.1. The molecule has 3 nitrogen and oxygen atoms in total. The molecule has 3 rings (SSSR count). The smallest absolute Gasteiger partial charge is 0.177 e. The summed E-state index contributed by atoms with van der Waals surface area (Å²) in [4.78, 5) is 4.40. The maximum Gasteiger partial charge on any atom is 0.177 e.